The van der Waals surface area contributed by atoms with Crippen molar-refractivity contribution >= 4 is 11.9 Å². The van der Waals surface area contributed by atoms with Crippen molar-refractivity contribution in [2.75, 3.05) is 14.2 Å². The third-order valence-corrected chi connectivity index (χ3v) is 3.13. The summed E-state index contributed by atoms with van der Waals surface area (Å²) in [6, 6.07) is 0. The highest BCUT2D eigenvalue weighted by molar-refractivity contribution is 6.07. The first kappa shape index (κ1) is 17.4. The predicted molar refractivity (Wildman–Crippen MR) is 77.1 cm³/mol. The maximum atomic E-state index is 12.1. The fraction of sp³-hybridized carbons (Fsp3) is 0.312. The van der Waals surface area contributed by atoms with Crippen molar-refractivity contribution in [1.29, 1.82) is 0 Å². The second-order valence-electron chi connectivity index (χ2n) is 4.68. The summed E-state index contributed by atoms with van der Waals surface area (Å²) in [4.78, 5) is 23.6. The minimum Gasteiger partial charge on any atom is -0.478 e. The SMILES string of the molecule is CO[C]1[CH][CH][CH][C]1/C(C)=C(/C(=O)OC)C(C(=O)O)=C(C)C. The number of esters is 1. The van der Waals surface area contributed by atoms with Crippen LogP contribution in [0.2, 0.25) is 0 Å². The van der Waals surface area contributed by atoms with E-state index in [0.29, 0.717) is 23.2 Å². The molecule has 0 heterocycles. The summed E-state index contributed by atoms with van der Waals surface area (Å²) < 4.78 is 9.97. The number of allylic oxidation sites excluding steroid dienone is 1. The summed E-state index contributed by atoms with van der Waals surface area (Å²) in [7, 11) is 2.74. The molecule has 0 aliphatic heterocycles. The van der Waals surface area contributed by atoms with E-state index in [-0.39, 0.29) is 11.1 Å². The van der Waals surface area contributed by atoms with Gasteiger partial charge in [-0.3, -0.25) is 0 Å². The molecule has 1 rings (SSSR count). The van der Waals surface area contributed by atoms with Crippen LogP contribution in [0.15, 0.2) is 22.3 Å². The lowest BCUT2D eigenvalue weighted by molar-refractivity contribution is -0.138. The molecule has 5 radical (unpaired) electrons. The molecule has 0 aromatic rings. The summed E-state index contributed by atoms with van der Waals surface area (Å²) >= 11 is 0. The Kier molecular flexibility index (Phi) is 6.15. The van der Waals surface area contributed by atoms with Crippen LogP contribution in [-0.2, 0) is 19.1 Å². The van der Waals surface area contributed by atoms with Crippen molar-refractivity contribution in [1.82, 2.24) is 0 Å². The largest absolute Gasteiger partial charge is 0.478 e. The summed E-state index contributed by atoms with van der Waals surface area (Å²) in [5.74, 6) is -1.19. The van der Waals surface area contributed by atoms with Crippen molar-refractivity contribution in [3.8, 4) is 0 Å². The first-order valence-corrected chi connectivity index (χ1v) is 6.35. The topological polar surface area (TPSA) is 72.8 Å². The van der Waals surface area contributed by atoms with Crippen molar-refractivity contribution in [2.45, 2.75) is 20.8 Å². The van der Waals surface area contributed by atoms with Crippen LogP contribution >= 0.6 is 0 Å². The van der Waals surface area contributed by atoms with Crippen molar-refractivity contribution in [3.05, 3.63) is 53.6 Å². The second kappa shape index (κ2) is 7.41. The molecule has 0 saturated heterocycles. The van der Waals surface area contributed by atoms with Crippen LogP contribution in [-0.4, -0.2) is 31.3 Å². The third kappa shape index (κ3) is 3.73. The first-order valence-electron chi connectivity index (χ1n) is 6.35. The van der Waals surface area contributed by atoms with Gasteiger partial charge in [-0.2, -0.15) is 0 Å². The highest BCUT2D eigenvalue weighted by atomic mass is 16.5. The van der Waals surface area contributed by atoms with Gasteiger partial charge in [-0.15, -0.1) is 0 Å². The number of hydrogen-bond donors (Lipinski definition) is 1. The second-order valence-corrected chi connectivity index (χ2v) is 4.68. The fourth-order valence-corrected chi connectivity index (χ4v) is 2.14. The van der Waals surface area contributed by atoms with Crippen LogP contribution in [0.4, 0.5) is 0 Å². The molecule has 0 aromatic heterocycles. The van der Waals surface area contributed by atoms with E-state index in [4.69, 9.17) is 9.47 Å². The summed E-state index contributed by atoms with van der Waals surface area (Å²) in [6.45, 7) is 4.96. The molecule has 1 aliphatic rings. The van der Waals surface area contributed by atoms with Gasteiger partial charge in [0.15, 0.2) is 0 Å². The molecular formula is C16H19O5. The Labute approximate surface area is 125 Å². The Bertz CT molecular complexity index is 483. The minimum absolute atomic E-state index is 0.0366. The third-order valence-electron chi connectivity index (χ3n) is 3.13. The molecule has 0 unspecified atom stereocenters. The molecule has 1 N–H and O–H groups in total. The maximum Gasteiger partial charge on any atom is 0.338 e. The van der Waals surface area contributed by atoms with E-state index in [1.54, 1.807) is 40.0 Å². The molecule has 21 heavy (non-hydrogen) atoms. The number of hydrogen-bond acceptors (Lipinski definition) is 4. The Balaban J connectivity index is 3.42. The molecule has 0 spiro atoms. The average molecular weight is 291 g/mol. The van der Waals surface area contributed by atoms with Gasteiger partial charge in [0.2, 0.25) is 0 Å². The lowest BCUT2D eigenvalue weighted by Crippen LogP contribution is -2.19. The van der Waals surface area contributed by atoms with E-state index in [2.05, 4.69) is 0 Å². The molecule has 0 amide bonds. The van der Waals surface area contributed by atoms with E-state index >= 15 is 0 Å². The summed E-state index contributed by atoms with van der Waals surface area (Å²) in [6.07, 6.45) is 5.86. The molecule has 5 nitrogen and oxygen atoms in total. The number of aliphatic carboxylic acids is 1. The molecule has 113 valence electrons. The molecule has 5 heteroatoms. The van der Waals surface area contributed by atoms with E-state index in [1.807, 2.05) is 0 Å². The summed E-state index contributed by atoms with van der Waals surface area (Å²) in [5.41, 5.74) is 1.01. The minimum atomic E-state index is -1.17. The van der Waals surface area contributed by atoms with Crippen LogP contribution in [0.1, 0.15) is 20.8 Å². The monoisotopic (exact) mass is 291 g/mol. The number of rotatable bonds is 5. The molecular weight excluding hydrogens is 272 g/mol. The van der Waals surface area contributed by atoms with Gasteiger partial charge in [0.1, 0.15) is 6.10 Å². The molecule has 0 bridgehead atoms. The van der Waals surface area contributed by atoms with Gasteiger partial charge in [-0.05, 0) is 39.2 Å². The Morgan fingerprint density at radius 1 is 1.05 bits per heavy atom. The number of carbonyl (C=O) groups excluding carboxylic acids is 1. The fourth-order valence-electron chi connectivity index (χ4n) is 2.14. The van der Waals surface area contributed by atoms with Gasteiger partial charge in [0, 0.05) is 19.4 Å². The number of carboxylic acids is 1. The van der Waals surface area contributed by atoms with Gasteiger partial charge in [0.25, 0.3) is 0 Å². The van der Waals surface area contributed by atoms with E-state index in [0.717, 1.165) is 0 Å². The standard InChI is InChI=1S/C16H19O5/c1-9(2)13(15(17)18)14(16(19)21-5)10(3)11-7-6-8-12(11)20-4/h6-8H,1-5H3,(H,17,18)/b14-10+. The smallest absolute Gasteiger partial charge is 0.338 e. The van der Waals surface area contributed by atoms with Crippen LogP contribution in [0.5, 0.6) is 0 Å². The maximum absolute atomic E-state index is 12.1. The molecule has 1 fully saturated rings. The Hall–Kier alpha value is -1.62. The Morgan fingerprint density at radius 2 is 1.67 bits per heavy atom. The van der Waals surface area contributed by atoms with Crippen LogP contribution in [0.25, 0.3) is 0 Å². The lowest BCUT2D eigenvalue weighted by Gasteiger charge is -2.20. The van der Waals surface area contributed by atoms with Crippen LogP contribution in [0.3, 0.4) is 0 Å². The molecule has 0 aromatic carbocycles. The normalized spacial score (nSPS) is 17.4. The zero-order valence-electron chi connectivity index (χ0n) is 12.8. The number of methoxy groups -OCH3 is 2. The highest BCUT2D eigenvalue weighted by Crippen LogP contribution is 2.41. The molecule has 1 aliphatic carbocycles. The average Bonchev–Trinajstić information content (AvgIpc) is 2.90. The lowest BCUT2D eigenvalue weighted by atomic mass is 9.87. The first-order chi connectivity index (χ1) is 9.84. The number of carboxylic acid groups (broad SMARTS) is 1. The van der Waals surface area contributed by atoms with Gasteiger partial charge in [-0.25, -0.2) is 9.59 Å². The zero-order valence-corrected chi connectivity index (χ0v) is 12.8. The van der Waals surface area contributed by atoms with Crippen molar-refractivity contribution in [2.24, 2.45) is 0 Å². The zero-order chi connectivity index (χ0) is 16.2. The highest BCUT2D eigenvalue weighted by Gasteiger charge is 2.36. The van der Waals surface area contributed by atoms with Crippen molar-refractivity contribution < 1.29 is 24.2 Å². The molecule has 0 atom stereocenters. The van der Waals surface area contributed by atoms with E-state index in [9.17, 15) is 14.7 Å². The van der Waals surface area contributed by atoms with E-state index < -0.39 is 11.9 Å². The van der Waals surface area contributed by atoms with Crippen LogP contribution < -0.4 is 0 Å². The van der Waals surface area contributed by atoms with Crippen molar-refractivity contribution in [3.63, 3.8) is 0 Å². The van der Waals surface area contributed by atoms with Gasteiger partial charge in [0.05, 0.1) is 18.3 Å². The van der Waals surface area contributed by atoms with Crippen LogP contribution in [0, 0.1) is 31.3 Å². The number of ether oxygens (including phenoxy) is 2. The van der Waals surface area contributed by atoms with Gasteiger partial charge < -0.3 is 14.6 Å². The quantitative estimate of drug-likeness (QED) is 0.478. The summed E-state index contributed by atoms with van der Waals surface area (Å²) in [5, 5.41) is 9.40. The van der Waals surface area contributed by atoms with Gasteiger partial charge >= 0.3 is 11.9 Å². The molecule has 1 saturated carbocycles. The predicted octanol–water partition coefficient (Wildman–Crippen LogP) is 2.28. The van der Waals surface area contributed by atoms with E-state index in [1.165, 1.54) is 14.2 Å². The Morgan fingerprint density at radius 3 is 2.10 bits per heavy atom. The number of carbonyl (C=O) groups is 2. The van der Waals surface area contributed by atoms with Gasteiger partial charge in [-0.1, -0.05) is 5.57 Å².